The van der Waals surface area contributed by atoms with Crippen molar-refractivity contribution in [2.45, 2.75) is 238 Å². The van der Waals surface area contributed by atoms with Crippen molar-refractivity contribution >= 4 is 29.7 Å². The van der Waals surface area contributed by atoms with Gasteiger partial charge in [-0.3, -0.25) is 24.5 Å². The van der Waals surface area contributed by atoms with Gasteiger partial charge in [0.15, 0.2) is 46.1 Å². The van der Waals surface area contributed by atoms with Crippen LogP contribution in [0.3, 0.4) is 0 Å². The van der Waals surface area contributed by atoms with Crippen molar-refractivity contribution in [3.8, 4) is 68.3 Å². The Morgan fingerprint density at radius 1 is 0.392 bits per heavy atom. The highest BCUT2D eigenvalue weighted by atomic mass is 19.1. The summed E-state index contributed by atoms with van der Waals surface area (Å²) in [6.07, 6.45) is 6.28. The minimum absolute atomic E-state index is 0. The van der Waals surface area contributed by atoms with Gasteiger partial charge < -0.3 is 97.6 Å². The average Bonchev–Trinajstić information content (AvgIpc) is 1.31. The molecule has 0 radical (unpaired) electrons. The Kier molecular flexibility index (Phi) is 35.4. The summed E-state index contributed by atoms with van der Waals surface area (Å²) in [6.45, 7) is 27.5. The molecular weight excluding hydrogens is 1670 g/mol. The number of aliphatic hydroxyl groups is 3. The van der Waals surface area contributed by atoms with Gasteiger partial charge in [-0.25, -0.2) is 27.6 Å². The van der Waals surface area contributed by atoms with E-state index in [1.165, 1.54) is 48.5 Å². The van der Waals surface area contributed by atoms with Crippen LogP contribution in [0.2, 0.25) is 0 Å². The molecular formula is C100H129F3N10O17. The molecule has 30 heteroatoms. The number of aliphatic hydroxyl groups excluding tert-OH is 3. The molecule has 3 fully saturated rings. The number of ether oxygens (including phenoxy) is 8. The van der Waals surface area contributed by atoms with Crippen molar-refractivity contribution in [2.75, 3.05) is 46.2 Å². The Balaban J connectivity index is 0.000000223. The maximum Gasteiger partial charge on any atom is 0.408 e. The van der Waals surface area contributed by atoms with Crippen molar-refractivity contribution in [3.05, 3.63) is 232 Å². The number of aromatic nitrogens is 3. The van der Waals surface area contributed by atoms with Gasteiger partial charge in [-0.15, -0.1) is 0 Å². The first kappa shape index (κ1) is 104. The normalized spacial score (nSPS) is 14.6. The van der Waals surface area contributed by atoms with E-state index in [2.05, 4.69) is 15.6 Å². The molecule has 3 unspecified atom stereocenters. The number of Topliss-reactive ketones (excluding diaryl/α,β-unsaturated/α-hetero) is 2. The number of carboxylic acids is 1. The molecule has 3 aliphatic rings. The fourth-order valence-corrected chi connectivity index (χ4v) is 12.7. The lowest BCUT2D eigenvalue weighted by Crippen LogP contribution is -2.45. The quantitative estimate of drug-likeness (QED) is 0.0162. The first-order valence-electron chi connectivity index (χ1n) is 43.1. The minimum Gasteiger partial charge on any atom is -0.487 e. The molecule has 3 aliphatic carbocycles. The number of amides is 2. The summed E-state index contributed by atoms with van der Waals surface area (Å²) in [5, 5.41) is 41.8. The zero-order valence-electron chi connectivity index (χ0n) is 76.3. The first-order chi connectivity index (χ1) is 60.5. The summed E-state index contributed by atoms with van der Waals surface area (Å²) in [7, 11) is 0. The van der Waals surface area contributed by atoms with Crippen LogP contribution < -0.4 is 67.7 Å². The number of carboxylic acid groups (broad SMARTS) is 1. The number of halogens is 3. The number of ketones is 2. The number of hydrogen-bond donors (Lipinski definition) is 11. The number of pyridine rings is 3. The van der Waals surface area contributed by atoms with Crippen molar-refractivity contribution in [1.29, 1.82) is 0 Å². The smallest absolute Gasteiger partial charge is 0.408 e. The highest BCUT2D eigenvalue weighted by molar-refractivity contribution is 5.97. The summed E-state index contributed by atoms with van der Waals surface area (Å²) >= 11 is 0. The van der Waals surface area contributed by atoms with Crippen LogP contribution in [0.1, 0.15) is 240 Å². The maximum atomic E-state index is 13.7. The summed E-state index contributed by atoms with van der Waals surface area (Å²) in [5.74, 6) is 0.582. The second-order valence-electron chi connectivity index (χ2n) is 36.9. The lowest BCUT2D eigenvalue weighted by atomic mass is 9.86. The molecule has 16 N–H and O–H groups in total. The molecule has 0 spiro atoms. The zero-order chi connectivity index (χ0) is 94.8. The fraction of sp³-hybridized carbons (Fsp3) is 0.440. The topological polar surface area (TPSA) is 433 Å². The average molecular weight is 1800 g/mol. The van der Waals surface area contributed by atoms with Gasteiger partial charge in [-0.1, -0.05) is 7.43 Å². The van der Waals surface area contributed by atoms with E-state index in [4.69, 9.17) is 86.7 Å². The van der Waals surface area contributed by atoms with Crippen molar-refractivity contribution in [2.24, 2.45) is 28.7 Å². The molecule has 0 saturated heterocycles. The third-order valence-corrected chi connectivity index (χ3v) is 20.9. The van der Waals surface area contributed by atoms with Crippen molar-refractivity contribution in [1.82, 2.24) is 25.6 Å². The van der Waals surface area contributed by atoms with Crippen LogP contribution in [0.25, 0.3) is 33.8 Å². The molecule has 3 atom stereocenters. The molecule has 0 bridgehead atoms. The number of aromatic carboxylic acids is 1. The van der Waals surface area contributed by atoms with Crippen LogP contribution in [-0.4, -0.2) is 141 Å². The maximum absolute atomic E-state index is 13.7. The molecule has 3 aromatic heterocycles. The van der Waals surface area contributed by atoms with E-state index in [9.17, 15) is 47.4 Å². The number of carbonyl (C=O) groups is 5. The number of carbonyl (C=O) groups excluding carboxylic acids is 4. The molecule has 9 aromatic rings. The fourth-order valence-electron chi connectivity index (χ4n) is 12.7. The molecule has 2 amide bonds. The summed E-state index contributed by atoms with van der Waals surface area (Å²) in [4.78, 5) is 76.7. The van der Waals surface area contributed by atoms with Crippen LogP contribution in [-0.2, 0) is 42.7 Å². The van der Waals surface area contributed by atoms with E-state index in [0.717, 1.165) is 60.8 Å². The standard InChI is InChI=1S/C35H44FN3O6.C30H36FN3O4.C22H31FN4O2.C12H14O5.CH4/c1-33(2,3)45-32(42)39-34(4,5)24-20-27(22-7-10-25(36)11-8-22)38-31(21-24)35(6,37)16-15-28(41)23-9-14-29(44-26-12-13-26)30(19-23)43-18-17-40;1-29(2,32)21-17-24(19-4-7-22(31)8-5-19)34-28(18-21)30(3,33)13-12-25(36)20-6-11-26(38-23-9-10-23)27(16-20)37-15-14-35;1-20(2,3)29-19(28)27-21(4,5)15-11-17(14-7-9-16(23)10-8-14)26-18(12-15)22(6,25)13-24;13-5-6-16-11-7-8(12(14)15)1-4-10(11)17-9-2-3-9;/h7-11,14,19-21,26,40H,12-13,15-18,37H2,1-6H3,(H,39,42);4-8,11,16-18,23,35H,9-10,12-15,32-33H2,1-3H3;7-12H,13,24-25H2,1-6H3,(H,27,28);1,4,7,9,13H,2-3,5-6H2,(H,14,15);1H4. The number of rotatable bonds is 36. The van der Waals surface area contributed by atoms with E-state index in [-0.39, 0.29) is 126 Å². The van der Waals surface area contributed by atoms with Gasteiger partial charge in [0.1, 0.15) is 48.5 Å². The third kappa shape index (κ3) is 31.6. The van der Waals surface area contributed by atoms with Gasteiger partial charge in [-0.05, 0) is 336 Å². The highest BCUT2D eigenvalue weighted by Crippen LogP contribution is 2.41. The molecule has 6 aromatic carbocycles. The number of nitrogens with two attached hydrogens (primary N) is 5. The number of alkyl carbamates (subject to hydrolysis) is 2. The van der Waals surface area contributed by atoms with E-state index < -0.39 is 62.6 Å². The first-order valence-corrected chi connectivity index (χ1v) is 43.1. The molecule has 27 nitrogen and oxygen atoms in total. The lowest BCUT2D eigenvalue weighted by molar-refractivity contribution is 0.0457. The molecule has 702 valence electrons. The van der Waals surface area contributed by atoms with Gasteiger partial charge in [0.2, 0.25) is 0 Å². The van der Waals surface area contributed by atoms with Crippen molar-refractivity contribution in [3.63, 3.8) is 0 Å². The van der Waals surface area contributed by atoms with Crippen LogP contribution in [0.15, 0.2) is 164 Å². The Bertz CT molecular complexity index is 5330. The molecule has 130 heavy (non-hydrogen) atoms. The predicted molar refractivity (Wildman–Crippen MR) is 493 cm³/mol. The number of nitrogens with zero attached hydrogens (tertiary/aromatic N) is 3. The lowest BCUT2D eigenvalue weighted by Gasteiger charge is -2.31. The second kappa shape index (κ2) is 44.3. The Hall–Kier alpha value is -11.6. The van der Waals surface area contributed by atoms with Crippen molar-refractivity contribution < 1.29 is 95.5 Å². The van der Waals surface area contributed by atoms with Gasteiger partial charge in [0, 0.05) is 52.7 Å². The van der Waals surface area contributed by atoms with E-state index in [0.29, 0.717) is 97.3 Å². The van der Waals surface area contributed by atoms with Crippen LogP contribution >= 0.6 is 0 Å². The highest BCUT2D eigenvalue weighted by Gasteiger charge is 2.36. The van der Waals surface area contributed by atoms with E-state index in [1.54, 1.807) is 134 Å². The zero-order valence-corrected chi connectivity index (χ0v) is 76.3. The van der Waals surface area contributed by atoms with E-state index >= 15 is 0 Å². The molecule has 3 saturated carbocycles. The number of nitrogens with one attached hydrogen (secondary N) is 2. The monoisotopic (exact) mass is 1800 g/mol. The van der Waals surface area contributed by atoms with Gasteiger partial charge in [0.25, 0.3) is 0 Å². The SMILES string of the molecule is C.CC(C)(C)OC(=O)NC(C)(C)c1cc(-c2ccc(F)cc2)nc(C(C)(N)CCC(=O)c2ccc(OC3CC3)c(OCCO)c2)c1.CC(C)(C)OC(=O)NC(C)(C)c1cc(-c2ccc(F)cc2)nc(C(C)(N)CN)c1.CC(C)(N)c1cc(-c2ccc(F)cc2)nc(C(C)(N)CCC(=O)c2ccc(OC3CC3)c(OCCO)c2)c1.O=C(O)c1ccc(OC2CC2)c(OCCO)c1. The predicted octanol–water partition coefficient (Wildman–Crippen LogP) is 16.9. The Morgan fingerprint density at radius 2 is 0.677 bits per heavy atom. The Labute approximate surface area is 760 Å². The summed E-state index contributed by atoms with van der Waals surface area (Å²) in [6, 6.07) is 43.9. The summed E-state index contributed by atoms with van der Waals surface area (Å²) < 4.78 is 85.4. The van der Waals surface area contributed by atoms with Gasteiger partial charge >= 0.3 is 18.2 Å². The van der Waals surface area contributed by atoms with Crippen LogP contribution in [0.4, 0.5) is 22.8 Å². The van der Waals surface area contributed by atoms with E-state index in [1.807, 2.05) is 84.9 Å². The summed E-state index contributed by atoms with van der Waals surface area (Å²) in [5.41, 5.74) is 34.7. The molecule has 3 heterocycles. The Morgan fingerprint density at radius 3 is 0.954 bits per heavy atom. The number of benzene rings is 6. The minimum atomic E-state index is -1.05. The third-order valence-electron chi connectivity index (χ3n) is 20.9. The van der Waals surface area contributed by atoms with Gasteiger partial charge in [-0.2, -0.15) is 0 Å². The molecule has 0 aliphatic heterocycles. The molecule has 12 rings (SSSR count). The van der Waals surface area contributed by atoms with Crippen LogP contribution in [0, 0.1) is 17.5 Å². The van der Waals surface area contributed by atoms with Crippen LogP contribution in [0.5, 0.6) is 34.5 Å². The largest absolute Gasteiger partial charge is 0.487 e. The second-order valence-corrected chi connectivity index (χ2v) is 36.9. The number of hydrogen-bond acceptors (Lipinski definition) is 24. The van der Waals surface area contributed by atoms with Gasteiger partial charge in [0.05, 0.1) is 106 Å².